The summed E-state index contributed by atoms with van der Waals surface area (Å²) in [5.41, 5.74) is 2.01. The second kappa shape index (κ2) is 9.07. The number of hydrogen-bond acceptors (Lipinski definition) is 5. The van der Waals surface area contributed by atoms with E-state index >= 15 is 0 Å². The molecule has 8 heteroatoms. The highest BCUT2D eigenvalue weighted by Crippen LogP contribution is 2.26. The summed E-state index contributed by atoms with van der Waals surface area (Å²) in [5, 5.41) is 0. The van der Waals surface area contributed by atoms with Gasteiger partial charge >= 0.3 is 5.97 Å². The summed E-state index contributed by atoms with van der Waals surface area (Å²) in [5.74, 6) is -2.27. The summed E-state index contributed by atoms with van der Waals surface area (Å²) in [6.07, 6.45) is 1.99. The minimum Gasteiger partial charge on any atom is -0.456 e. The highest BCUT2D eigenvalue weighted by molar-refractivity contribution is 5.81. The highest BCUT2D eigenvalue weighted by atomic mass is 19.1. The Bertz CT molecular complexity index is 1090. The van der Waals surface area contributed by atoms with E-state index in [1.54, 1.807) is 4.90 Å². The zero-order valence-corrected chi connectivity index (χ0v) is 16.6. The summed E-state index contributed by atoms with van der Waals surface area (Å²) >= 11 is 0. The van der Waals surface area contributed by atoms with Crippen LogP contribution in [0, 0.1) is 11.6 Å². The van der Waals surface area contributed by atoms with Gasteiger partial charge < -0.3 is 14.1 Å². The fraction of sp³-hybridized carbons (Fsp3) is 0.261. The van der Waals surface area contributed by atoms with Gasteiger partial charge in [0.25, 0.3) is 5.91 Å². The molecule has 0 bridgehead atoms. The van der Waals surface area contributed by atoms with Crippen LogP contribution in [0.15, 0.2) is 53.1 Å². The third-order valence-electron chi connectivity index (χ3n) is 5.15. The number of hydrogen-bond donors (Lipinski definition) is 0. The Morgan fingerprint density at radius 3 is 2.58 bits per heavy atom. The van der Waals surface area contributed by atoms with Crippen LogP contribution in [0.25, 0.3) is 11.3 Å². The van der Waals surface area contributed by atoms with Crippen LogP contribution in [0.2, 0.25) is 0 Å². The monoisotopic (exact) mass is 426 g/mol. The maximum Gasteiger partial charge on any atom is 0.306 e. The molecule has 160 valence electrons. The van der Waals surface area contributed by atoms with Crippen molar-refractivity contribution in [3.05, 3.63) is 77.3 Å². The average Bonchev–Trinajstić information content (AvgIpc) is 3.24. The van der Waals surface area contributed by atoms with E-state index in [1.165, 1.54) is 17.8 Å². The lowest BCUT2D eigenvalue weighted by Gasteiger charge is -2.28. The molecule has 2 aromatic carbocycles. The van der Waals surface area contributed by atoms with Crippen molar-refractivity contribution in [2.24, 2.45) is 0 Å². The third kappa shape index (κ3) is 4.79. The normalized spacial score (nSPS) is 13.0. The molecule has 0 fully saturated rings. The van der Waals surface area contributed by atoms with E-state index in [9.17, 15) is 18.4 Å². The van der Waals surface area contributed by atoms with Gasteiger partial charge in [-0.05, 0) is 29.7 Å². The first kappa shape index (κ1) is 20.7. The number of halogens is 2. The second-order valence-electron chi connectivity index (χ2n) is 7.21. The standard InChI is InChI=1S/C23H20F2N2O4/c24-17-6-3-7-18(25)23(17)19-12-26-20(31-19)8-9-22(29)30-14-21(28)27-11-10-15-4-1-2-5-16(15)13-27/h1-7,12H,8-11,13-14H2. The first-order valence-corrected chi connectivity index (χ1v) is 9.90. The van der Waals surface area contributed by atoms with Crippen LogP contribution in [-0.4, -0.2) is 34.9 Å². The molecule has 1 aliphatic heterocycles. The van der Waals surface area contributed by atoms with Crippen molar-refractivity contribution in [2.75, 3.05) is 13.2 Å². The van der Waals surface area contributed by atoms with Gasteiger partial charge in [0.1, 0.15) is 11.6 Å². The zero-order valence-electron chi connectivity index (χ0n) is 16.6. The molecule has 0 aliphatic carbocycles. The molecule has 0 atom stereocenters. The van der Waals surface area contributed by atoms with Crippen LogP contribution >= 0.6 is 0 Å². The molecule has 0 saturated heterocycles. The van der Waals surface area contributed by atoms with Gasteiger partial charge in [-0.3, -0.25) is 9.59 Å². The molecule has 0 N–H and O–H groups in total. The summed E-state index contributed by atoms with van der Waals surface area (Å²) in [7, 11) is 0. The van der Waals surface area contributed by atoms with Crippen molar-refractivity contribution < 1.29 is 27.5 Å². The number of ether oxygens (including phenoxy) is 1. The fourth-order valence-corrected chi connectivity index (χ4v) is 3.50. The first-order chi connectivity index (χ1) is 15.0. The van der Waals surface area contributed by atoms with E-state index in [4.69, 9.17) is 9.15 Å². The number of aryl methyl sites for hydroxylation is 1. The number of oxazole rings is 1. The number of esters is 1. The van der Waals surface area contributed by atoms with E-state index in [0.717, 1.165) is 24.1 Å². The van der Waals surface area contributed by atoms with Gasteiger partial charge in [0.15, 0.2) is 18.3 Å². The van der Waals surface area contributed by atoms with Crippen LogP contribution in [0.3, 0.4) is 0 Å². The molecule has 0 unspecified atom stereocenters. The predicted octanol–water partition coefficient (Wildman–Crippen LogP) is 3.68. The van der Waals surface area contributed by atoms with Crippen molar-refractivity contribution in [1.82, 2.24) is 9.88 Å². The molecule has 1 aliphatic rings. The molecule has 4 rings (SSSR count). The summed E-state index contributed by atoms with van der Waals surface area (Å²) in [4.78, 5) is 30.0. The first-order valence-electron chi connectivity index (χ1n) is 9.90. The lowest BCUT2D eigenvalue weighted by Crippen LogP contribution is -2.38. The molecule has 0 spiro atoms. The number of aromatic nitrogens is 1. The second-order valence-corrected chi connectivity index (χ2v) is 7.21. The van der Waals surface area contributed by atoms with Crippen LogP contribution in [0.4, 0.5) is 8.78 Å². The maximum absolute atomic E-state index is 13.8. The van der Waals surface area contributed by atoms with E-state index in [-0.39, 0.29) is 42.6 Å². The third-order valence-corrected chi connectivity index (χ3v) is 5.15. The minimum absolute atomic E-state index is 0.0560. The van der Waals surface area contributed by atoms with Gasteiger partial charge in [-0.25, -0.2) is 13.8 Å². The molecule has 0 radical (unpaired) electrons. The summed E-state index contributed by atoms with van der Waals surface area (Å²) in [6, 6.07) is 11.4. The van der Waals surface area contributed by atoms with E-state index < -0.39 is 17.6 Å². The summed E-state index contributed by atoms with van der Waals surface area (Å²) < 4.78 is 38.1. The molecule has 0 saturated carbocycles. The lowest BCUT2D eigenvalue weighted by atomic mass is 10.00. The van der Waals surface area contributed by atoms with Gasteiger partial charge in [0.05, 0.1) is 18.2 Å². The van der Waals surface area contributed by atoms with E-state index in [2.05, 4.69) is 4.98 Å². The largest absolute Gasteiger partial charge is 0.456 e. The van der Waals surface area contributed by atoms with Crippen LogP contribution in [-0.2, 0) is 33.7 Å². The number of amides is 1. The Morgan fingerprint density at radius 2 is 1.81 bits per heavy atom. The molecule has 1 aromatic heterocycles. The number of carbonyl (C=O) groups is 2. The minimum atomic E-state index is -0.763. The summed E-state index contributed by atoms with van der Waals surface area (Å²) in [6.45, 7) is 0.746. The van der Waals surface area contributed by atoms with Gasteiger partial charge in [-0.15, -0.1) is 0 Å². The van der Waals surface area contributed by atoms with E-state index in [1.807, 2.05) is 24.3 Å². The molecular weight excluding hydrogens is 406 g/mol. The average molecular weight is 426 g/mol. The van der Waals surface area contributed by atoms with Crippen molar-refractivity contribution >= 4 is 11.9 Å². The maximum atomic E-state index is 13.8. The molecule has 1 amide bonds. The number of benzene rings is 2. The molecule has 2 heterocycles. The van der Waals surface area contributed by atoms with Gasteiger partial charge in [0, 0.05) is 19.5 Å². The molecule has 31 heavy (non-hydrogen) atoms. The Labute approximate surface area is 177 Å². The van der Waals surface area contributed by atoms with Gasteiger partial charge in [-0.1, -0.05) is 30.3 Å². The Kier molecular flexibility index (Phi) is 6.06. The zero-order chi connectivity index (χ0) is 21.8. The molecule has 6 nitrogen and oxygen atoms in total. The molecular formula is C23H20F2N2O4. The van der Waals surface area contributed by atoms with Gasteiger partial charge in [-0.2, -0.15) is 0 Å². The fourth-order valence-electron chi connectivity index (χ4n) is 3.50. The van der Waals surface area contributed by atoms with E-state index in [0.29, 0.717) is 13.1 Å². The SMILES string of the molecule is O=C(CCc1ncc(-c2c(F)cccc2F)o1)OCC(=O)N1CCc2ccccc2C1. The van der Waals surface area contributed by atoms with Crippen LogP contribution in [0.1, 0.15) is 23.4 Å². The number of fused-ring (bicyclic) bond motifs is 1. The van der Waals surface area contributed by atoms with Gasteiger partial charge in [0.2, 0.25) is 0 Å². The van der Waals surface area contributed by atoms with Crippen LogP contribution < -0.4 is 0 Å². The highest BCUT2D eigenvalue weighted by Gasteiger charge is 2.22. The Hall–Kier alpha value is -3.55. The number of nitrogens with zero attached hydrogens (tertiary/aromatic N) is 2. The number of carbonyl (C=O) groups excluding carboxylic acids is 2. The van der Waals surface area contributed by atoms with Crippen molar-refractivity contribution in [2.45, 2.75) is 25.8 Å². The predicted molar refractivity (Wildman–Crippen MR) is 107 cm³/mol. The Morgan fingerprint density at radius 1 is 1.06 bits per heavy atom. The molecule has 3 aromatic rings. The quantitative estimate of drug-likeness (QED) is 0.563. The smallest absolute Gasteiger partial charge is 0.306 e. The van der Waals surface area contributed by atoms with Crippen molar-refractivity contribution in [3.8, 4) is 11.3 Å². The van der Waals surface area contributed by atoms with Crippen molar-refractivity contribution in [3.63, 3.8) is 0 Å². The number of rotatable bonds is 6. The lowest BCUT2D eigenvalue weighted by molar-refractivity contribution is -0.152. The topological polar surface area (TPSA) is 72.6 Å². The van der Waals surface area contributed by atoms with Crippen molar-refractivity contribution in [1.29, 1.82) is 0 Å². The Balaban J connectivity index is 1.26. The van der Waals surface area contributed by atoms with Crippen LogP contribution in [0.5, 0.6) is 0 Å².